The highest BCUT2D eigenvalue weighted by Gasteiger charge is 2.25. The Labute approximate surface area is 128 Å². The lowest BCUT2D eigenvalue weighted by Crippen LogP contribution is -2.40. The van der Waals surface area contributed by atoms with E-state index >= 15 is 0 Å². The number of carbonyl (C=O) groups is 1. The molecule has 4 nitrogen and oxygen atoms in total. The maximum Gasteiger partial charge on any atom is 0.321 e. The average Bonchev–Trinajstić information content (AvgIpc) is 2.43. The van der Waals surface area contributed by atoms with Crippen LogP contribution in [0.15, 0.2) is 28.7 Å². The summed E-state index contributed by atoms with van der Waals surface area (Å²) in [5, 5.41) is 12.8. The molecule has 0 saturated heterocycles. The molecule has 1 aromatic carbocycles. The summed E-state index contributed by atoms with van der Waals surface area (Å²) in [6.07, 6.45) is 3.80. The Morgan fingerprint density at radius 2 is 2.10 bits per heavy atom. The van der Waals surface area contributed by atoms with Crippen molar-refractivity contribution in [3.8, 4) is 0 Å². The van der Waals surface area contributed by atoms with Crippen LogP contribution in [0.1, 0.15) is 25.7 Å². The molecular weight excluding hydrogens is 320 g/mol. The summed E-state index contributed by atoms with van der Waals surface area (Å²) in [4.78, 5) is 13.8. The van der Waals surface area contributed by atoms with Crippen molar-refractivity contribution in [3.63, 3.8) is 0 Å². The molecule has 0 spiro atoms. The molecule has 5 heteroatoms. The number of aliphatic hydroxyl groups excluding tert-OH is 1. The number of halogens is 1. The Morgan fingerprint density at radius 1 is 1.40 bits per heavy atom. The SMILES string of the molecule is CN(CC1CCCCC1O)C(=O)Nc1ccccc1Br. The lowest BCUT2D eigenvalue weighted by Gasteiger charge is -2.31. The molecule has 1 saturated carbocycles. The number of nitrogens with one attached hydrogen (secondary N) is 1. The van der Waals surface area contributed by atoms with Crippen molar-refractivity contribution in [3.05, 3.63) is 28.7 Å². The summed E-state index contributed by atoms with van der Waals surface area (Å²) in [7, 11) is 1.77. The minimum absolute atomic E-state index is 0.144. The van der Waals surface area contributed by atoms with Gasteiger partial charge in [-0.3, -0.25) is 0 Å². The number of carbonyl (C=O) groups excluding carboxylic acids is 1. The molecule has 1 fully saturated rings. The summed E-state index contributed by atoms with van der Waals surface area (Å²) in [5.41, 5.74) is 0.758. The molecule has 2 rings (SSSR count). The lowest BCUT2D eigenvalue weighted by molar-refractivity contribution is 0.0575. The number of para-hydroxylation sites is 1. The number of aliphatic hydroxyl groups is 1. The van der Waals surface area contributed by atoms with Crippen molar-refractivity contribution in [2.75, 3.05) is 18.9 Å². The van der Waals surface area contributed by atoms with Gasteiger partial charge in [0.25, 0.3) is 0 Å². The number of benzene rings is 1. The zero-order valence-electron chi connectivity index (χ0n) is 11.7. The number of anilines is 1. The average molecular weight is 341 g/mol. The van der Waals surface area contributed by atoms with Crippen LogP contribution in [-0.4, -0.2) is 35.7 Å². The van der Waals surface area contributed by atoms with E-state index in [9.17, 15) is 9.90 Å². The molecule has 2 amide bonds. The molecule has 2 unspecified atom stereocenters. The smallest absolute Gasteiger partial charge is 0.321 e. The van der Waals surface area contributed by atoms with Crippen LogP contribution in [0.5, 0.6) is 0 Å². The molecule has 1 aliphatic carbocycles. The van der Waals surface area contributed by atoms with E-state index in [0.717, 1.165) is 35.8 Å². The van der Waals surface area contributed by atoms with Gasteiger partial charge in [0.1, 0.15) is 0 Å². The molecule has 0 aliphatic heterocycles. The van der Waals surface area contributed by atoms with Gasteiger partial charge < -0.3 is 15.3 Å². The van der Waals surface area contributed by atoms with Crippen LogP contribution in [-0.2, 0) is 0 Å². The molecule has 0 aromatic heterocycles. The first-order chi connectivity index (χ1) is 9.58. The highest BCUT2D eigenvalue weighted by atomic mass is 79.9. The molecule has 0 heterocycles. The summed E-state index contributed by atoms with van der Waals surface area (Å²) in [6.45, 7) is 0.595. The lowest BCUT2D eigenvalue weighted by atomic mass is 9.86. The van der Waals surface area contributed by atoms with E-state index in [1.54, 1.807) is 11.9 Å². The van der Waals surface area contributed by atoms with E-state index in [4.69, 9.17) is 0 Å². The van der Waals surface area contributed by atoms with Gasteiger partial charge >= 0.3 is 6.03 Å². The van der Waals surface area contributed by atoms with Crippen molar-refractivity contribution in [1.82, 2.24) is 4.90 Å². The maximum absolute atomic E-state index is 12.2. The van der Waals surface area contributed by atoms with Crippen LogP contribution in [0.3, 0.4) is 0 Å². The number of amides is 2. The third kappa shape index (κ3) is 3.96. The van der Waals surface area contributed by atoms with Gasteiger partial charge in [-0.1, -0.05) is 25.0 Å². The second-order valence-corrected chi connectivity index (χ2v) is 6.26. The topological polar surface area (TPSA) is 52.6 Å². The minimum Gasteiger partial charge on any atom is -0.393 e. The van der Waals surface area contributed by atoms with Crippen molar-refractivity contribution < 1.29 is 9.90 Å². The van der Waals surface area contributed by atoms with E-state index < -0.39 is 0 Å². The minimum atomic E-state index is -0.275. The molecule has 110 valence electrons. The Bertz CT molecular complexity index is 467. The van der Waals surface area contributed by atoms with Gasteiger partial charge in [-0.2, -0.15) is 0 Å². The Kier molecular flexibility index (Phi) is 5.43. The molecule has 2 N–H and O–H groups in total. The third-order valence-corrected chi connectivity index (χ3v) is 4.53. The highest BCUT2D eigenvalue weighted by Crippen LogP contribution is 2.25. The number of nitrogens with zero attached hydrogens (tertiary/aromatic N) is 1. The van der Waals surface area contributed by atoms with Crippen molar-refractivity contribution >= 4 is 27.6 Å². The number of hydrogen-bond acceptors (Lipinski definition) is 2. The second kappa shape index (κ2) is 7.09. The zero-order chi connectivity index (χ0) is 14.5. The predicted octanol–water partition coefficient (Wildman–Crippen LogP) is 3.46. The van der Waals surface area contributed by atoms with E-state index in [1.165, 1.54) is 0 Å². The summed E-state index contributed by atoms with van der Waals surface area (Å²) in [5.74, 6) is 0.193. The Morgan fingerprint density at radius 3 is 2.80 bits per heavy atom. The van der Waals surface area contributed by atoms with Crippen LogP contribution in [0.25, 0.3) is 0 Å². The molecular formula is C15H21BrN2O2. The van der Waals surface area contributed by atoms with E-state index in [0.29, 0.717) is 6.54 Å². The normalized spacial score (nSPS) is 22.4. The van der Waals surface area contributed by atoms with Crippen LogP contribution in [0.2, 0.25) is 0 Å². The van der Waals surface area contributed by atoms with E-state index in [1.807, 2.05) is 24.3 Å². The highest BCUT2D eigenvalue weighted by molar-refractivity contribution is 9.10. The van der Waals surface area contributed by atoms with E-state index in [2.05, 4.69) is 21.2 Å². The molecule has 0 bridgehead atoms. The quantitative estimate of drug-likeness (QED) is 0.885. The fraction of sp³-hybridized carbons (Fsp3) is 0.533. The van der Waals surface area contributed by atoms with E-state index in [-0.39, 0.29) is 18.1 Å². The van der Waals surface area contributed by atoms with Crippen LogP contribution < -0.4 is 5.32 Å². The van der Waals surface area contributed by atoms with Crippen molar-refractivity contribution in [1.29, 1.82) is 0 Å². The Hall–Kier alpha value is -1.07. The molecule has 20 heavy (non-hydrogen) atoms. The monoisotopic (exact) mass is 340 g/mol. The number of rotatable bonds is 3. The standard InChI is InChI=1S/C15H21BrN2O2/c1-18(10-11-6-2-5-9-14(11)19)15(20)17-13-8-4-3-7-12(13)16/h3-4,7-8,11,14,19H,2,5-6,9-10H2,1H3,(H,17,20). The number of urea groups is 1. The maximum atomic E-state index is 12.2. The summed E-state index contributed by atoms with van der Waals surface area (Å²) in [6, 6.07) is 7.38. The van der Waals surface area contributed by atoms with Gasteiger partial charge in [0.15, 0.2) is 0 Å². The van der Waals surface area contributed by atoms with Gasteiger partial charge in [-0.15, -0.1) is 0 Å². The van der Waals surface area contributed by atoms with Crippen molar-refractivity contribution in [2.24, 2.45) is 5.92 Å². The number of hydrogen-bond donors (Lipinski definition) is 2. The second-order valence-electron chi connectivity index (χ2n) is 5.40. The fourth-order valence-corrected chi connectivity index (χ4v) is 2.99. The first kappa shape index (κ1) is 15.3. The van der Waals surface area contributed by atoms with Gasteiger partial charge in [0.05, 0.1) is 11.8 Å². The van der Waals surface area contributed by atoms with Gasteiger partial charge in [-0.05, 0) is 40.9 Å². The molecule has 1 aromatic rings. The molecule has 2 atom stereocenters. The van der Waals surface area contributed by atoms with Gasteiger partial charge in [0, 0.05) is 24.0 Å². The van der Waals surface area contributed by atoms with Gasteiger partial charge in [-0.25, -0.2) is 4.79 Å². The van der Waals surface area contributed by atoms with Crippen LogP contribution >= 0.6 is 15.9 Å². The third-order valence-electron chi connectivity index (χ3n) is 3.84. The first-order valence-corrected chi connectivity index (χ1v) is 7.82. The predicted molar refractivity (Wildman–Crippen MR) is 83.8 cm³/mol. The molecule has 0 radical (unpaired) electrons. The van der Waals surface area contributed by atoms with Crippen LogP contribution in [0.4, 0.5) is 10.5 Å². The summed E-state index contributed by atoms with van der Waals surface area (Å²) < 4.78 is 0.861. The van der Waals surface area contributed by atoms with Crippen LogP contribution in [0, 0.1) is 5.92 Å². The fourth-order valence-electron chi connectivity index (χ4n) is 2.61. The zero-order valence-corrected chi connectivity index (χ0v) is 13.3. The summed E-state index contributed by atoms with van der Waals surface area (Å²) >= 11 is 3.41. The van der Waals surface area contributed by atoms with Gasteiger partial charge in [0.2, 0.25) is 0 Å². The van der Waals surface area contributed by atoms with Crippen molar-refractivity contribution in [2.45, 2.75) is 31.8 Å². The first-order valence-electron chi connectivity index (χ1n) is 7.02. The largest absolute Gasteiger partial charge is 0.393 e. The molecule has 1 aliphatic rings. The Balaban J connectivity index is 1.90.